The second kappa shape index (κ2) is 9.03. The lowest BCUT2D eigenvalue weighted by atomic mass is 9.99. The van der Waals surface area contributed by atoms with Gasteiger partial charge in [0, 0.05) is 23.8 Å². The molecule has 3 N–H and O–H groups in total. The van der Waals surface area contributed by atoms with Crippen molar-refractivity contribution in [2.24, 2.45) is 11.8 Å². The topological polar surface area (TPSA) is 73.5 Å². The molecule has 6 nitrogen and oxygen atoms in total. The van der Waals surface area contributed by atoms with Gasteiger partial charge in [0.25, 0.3) is 0 Å². The average Bonchev–Trinajstić information content (AvgIpc) is 3.46. The first-order chi connectivity index (χ1) is 12.6. The minimum Gasteiger partial charge on any atom is -0.338 e. The minimum atomic E-state index is -0.206. The molecule has 6 heteroatoms. The van der Waals surface area contributed by atoms with E-state index in [4.69, 9.17) is 0 Å². The number of hydrogen-bond donors (Lipinski definition) is 3. The van der Waals surface area contributed by atoms with Crippen LogP contribution >= 0.6 is 0 Å². The van der Waals surface area contributed by atoms with E-state index in [0.717, 1.165) is 37.4 Å². The zero-order valence-corrected chi connectivity index (χ0v) is 15.6. The van der Waals surface area contributed by atoms with E-state index >= 15 is 0 Å². The Bertz CT molecular complexity index is 622. The highest BCUT2D eigenvalue weighted by atomic mass is 16.2. The molecule has 26 heavy (non-hydrogen) atoms. The van der Waals surface area contributed by atoms with Gasteiger partial charge in [0.2, 0.25) is 5.91 Å². The molecule has 1 aliphatic heterocycles. The summed E-state index contributed by atoms with van der Waals surface area (Å²) >= 11 is 0. The van der Waals surface area contributed by atoms with E-state index in [1.807, 2.05) is 18.2 Å². The van der Waals surface area contributed by atoms with Crippen molar-refractivity contribution in [3.05, 3.63) is 24.3 Å². The Morgan fingerprint density at radius 1 is 1.08 bits per heavy atom. The number of anilines is 2. The molecule has 3 amide bonds. The van der Waals surface area contributed by atoms with E-state index in [9.17, 15) is 9.59 Å². The number of carbonyl (C=O) groups excluding carboxylic acids is 2. The maximum atomic E-state index is 12.0. The van der Waals surface area contributed by atoms with Gasteiger partial charge in [-0.15, -0.1) is 0 Å². The normalized spacial score (nSPS) is 18.3. The summed E-state index contributed by atoms with van der Waals surface area (Å²) in [5.74, 6) is 1.08. The third-order valence-electron chi connectivity index (χ3n) is 5.15. The standard InChI is InChI=1S/C20H30N4O2/c1-15-8-12-24(13-9-15)11-3-10-21-20(26)23-18-5-2-4-17(14-18)22-19(25)16-6-7-16/h2,4-5,14-16H,3,6-13H2,1H3,(H,22,25)(H2,21,23,26). The fourth-order valence-corrected chi connectivity index (χ4v) is 3.23. The number of urea groups is 1. The molecule has 1 aromatic carbocycles. The molecule has 0 bridgehead atoms. The fraction of sp³-hybridized carbons (Fsp3) is 0.600. The van der Waals surface area contributed by atoms with Crippen molar-refractivity contribution in [3.63, 3.8) is 0 Å². The number of nitrogens with one attached hydrogen (secondary N) is 3. The number of piperidine rings is 1. The molecule has 1 saturated heterocycles. The molecule has 2 fully saturated rings. The van der Waals surface area contributed by atoms with Crippen LogP contribution in [0.3, 0.4) is 0 Å². The monoisotopic (exact) mass is 358 g/mol. The Labute approximate surface area is 155 Å². The van der Waals surface area contributed by atoms with Crippen LogP contribution in [0, 0.1) is 11.8 Å². The average molecular weight is 358 g/mol. The zero-order chi connectivity index (χ0) is 18.4. The number of carbonyl (C=O) groups is 2. The highest BCUT2D eigenvalue weighted by molar-refractivity contribution is 5.95. The van der Waals surface area contributed by atoms with Gasteiger partial charge in [0.15, 0.2) is 0 Å². The van der Waals surface area contributed by atoms with Gasteiger partial charge in [0.05, 0.1) is 0 Å². The van der Waals surface area contributed by atoms with E-state index in [2.05, 4.69) is 27.8 Å². The van der Waals surface area contributed by atoms with Crippen LogP contribution in [-0.4, -0.2) is 43.0 Å². The van der Waals surface area contributed by atoms with Crippen LogP contribution in [0.2, 0.25) is 0 Å². The third-order valence-corrected chi connectivity index (χ3v) is 5.15. The number of amides is 3. The molecule has 142 valence electrons. The van der Waals surface area contributed by atoms with Gasteiger partial charge in [-0.05, 0) is 75.9 Å². The summed E-state index contributed by atoms with van der Waals surface area (Å²) in [5, 5.41) is 8.63. The minimum absolute atomic E-state index is 0.0682. The molecule has 0 radical (unpaired) electrons. The Balaban J connectivity index is 1.34. The van der Waals surface area contributed by atoms with Crippen LogP contribution < -0.4 is 16.0 Å². The molecule has 1 heterocycles. The number of nitrogens with zero attached hydrogens (tertiary/aromatic N) is 1. The van der Waals surface area contributed by atoms with E-state index in [-0.39, 0.29) is 17.9 Å². The number of likely N-dealkylation sites (tertiary alicyclic amines) is 1. The van der Waals surface area contributed by atoms with Crippen molar-refractivity contribution < 1.29 is 9.59 Å². The largest absolute Gasteiger partial charge is 0.338 e. The van der Waals surface area contributed by atoms with E-state index in [1.165, 1.54) is 25.9 Å². The molecule has 2 aliphatic rings. The maximum Gasteiger partial charge on any atom is 0.319 e. The number of rotatable bonds is 7. The van der Waals surface area contributed by atoms with Gasteiger partial charge in [-0.25, -0.2) is 4.79 Å². The van der Waals surface area contributed by atoms with Crippen LogP contribution in [0.25, 0.3) is 0 Å². The summed E-state index contributed by atoms with van der Waals surface area (Å²) in [7, 11) is 0. The second-order valence-electron chi connectivity index (χ2n) is 7.60. The summed E-state index contributed by atoms with van der Waals surface area (Å²) in [5.41, 5.74) is 1.40. The Morgan fingerprint density at radius 3 is 2.46 bits per heavy atom. The molecule has 0 unspecified atom stereocenters. The van der Waals surface area contributed by atoms with Crippen LogP contribution in [0.4, 0.5) is 16.2 Å². The van der Waals surface area contributed by atoms with E-state index in [0.29, 0.717) is 12.2 Å². The van der Waals surface area contributed by atoms with Gasteiger partial charge in [-0.3, -0.25) is 4.79 Å². The molecule has 0 aromatic heterocycles. The van der Waals surface area contributed by atoms with Gasteiger partial charge >= 0.3 is 6.03 Å². The van der Waals surface area contributed by atoms with Gasteiger partial charge in [-0.1, -0.05) is 13.0 Å². The molecular formula is C20H30N4O2. The van der Waals surface area contributed by atoms with Gasteiger partial charge in [-0.2, -0.15) is 0 Å². The Morgan fingerprint density at radius 2 is 1.77 bits per heavy atom. The van der Waals surface area contributed by atoms with Crippen LogP contribution in [-0.2, 0) is 4.79 Å². The Kier molecular flexibility index (Phi) is 6.50. The van der Waals surface area contributed by atoms with Gasteiger partial charge < -0.3 is 20.9 Å². The van der Waals surface area contributed by atoms with Crippen molar-refractivity contribution in [1.29, 1.82) is 0 Å². The molecule has 0 atom stereocenters. The predicted molar refractivity (Wildman–Crippen MR) is 104 cm³/mol. The molecule has 0 spiro atoms. The molecule has 3 rings (SSSR count). The first-order valence-corrected chi connectivity index (χ1v) is 9.78. The quantitative estimate of drug-likeness (QED) is 0.655. The van der Waals surface area contributed by atoms with E-state index < -0.39 is 0 Å². The zero-order valence-electron chi connectivity index (χ0n) is 15.6. The number of benzene rings is 1. The maximum absolute atomic E-state index is 12.0. The van der Waals surface area contributed by atoms with Crippen molar-refractivity contribution in [2.75, 3.05) is 36.8 Å². The van der Waals surface area contributed by atoms with Crippen LogP contribution in [0.1, 0.15) is 39.0 Å². The summed E-state index contributed by atoms with van der Waals surface area (Å²) in [6, 6.07) is 7.07. The highest BCUT2D eigenvalue weighted by Crippen LogP contribution is 2.30. The lowest BCUT2D eigenvalue weighted by Gasteiger charge is -2.30. The summed E-state index contributed by atoms with van der Waals surface area (Å²) in [4.78, 5) is 26.3. The van der Waals surface area contributed by atoms with E-state index in [1.54, 1.807) is 6.07 Å². The van der Waals surface area contributed by atoms with Crippen molar-refractivity contribution in [3.8, 4) is 0 Å². The summed E-state index contributed by atoms with van der Waals surface area (Å²) < 4.78 is 0. The third kappa shape index (κ3) is 6.02. The molecule has 1 aliphatic carbocycles. The van der Waals surface area contributed by atoms with Crippen LogP contribution in [0.5, 0.6) is 0 Å². The smallest absolute Gasteiger partial charge is 0.319 e. The van der Waals surface area contributed by atoms with Crippen LogP contribution in [0.15, 0.2) is 24.3 Å². The van der Waals surface area contributed by atoms with Crippen molar-refractivity contribution in [2.45, 2.75) is 39.0 Å². The lowest BCUT2D eigenvalue weighted by molar-refractivity contribution is -0.117. The molecule has 1 saturated carbocycles. The summed E-state index contributed by atoms with van der Waals surface area (Å²) in [6.45, 7) is 6.36. The highest BCUT2D eigenvalue weighted by Gasteiger charge is 2.29. The first-order valence-electron chi connectivity index (χ1n) is 9.78. The van der Waals surface area contributed by atoms with Crippen molar-refractivity contribution >= 4 is 23.3 Å². The Hall–Kier alpha value is -2.08. The summed E-state index contributed by atoms with van der Waals surface area (Å²) in [6.07, 6.45) is 5.47. The van der Waals surface area contributed by atoms with Crippen molar-refractivity contribution in [1.82, 2.24) is 10.2 Å². The lowest BCUT2D eigenvalue weighted by Crippen LogP contribution is -2.36. The number of hydrogen-bond acceptors (Lipinski definition) is 3. The molecular weight excluding hydrogens is 328 g/mol. The first kappa shape index (κ1) is 18.7. The second-order valence-corrected chi connectivity index (χ2v) is 7.60. The molecule has 1 aromatic rings. The fourth-order valence-electron chi connectivity index (χ4n) is 3.23. The van der Waals surface area contributed by atoms with Gasteiger partial charge in [0.1, 0.15) is 0 Å². The predicted octanol–water partition coefficient (Wildman–Crippen LogP) is 3.28. The SMILES string of the molecule is CC1CCN(CCCNC(=O)Nc2cccc(NC(=O)C3CC3)c2)CC1.